The molecule has 8 nitrogen and oxygen atoms in total. The van der Waals surface area contributed by atoms with Crippen LogP contribution in [0.2, 0.25) is 0 Å². The fourth-order valence-corrected chi connectivity index (χ4v) is 4.22. The molecule has 1 fully saturated rings. The largest absolute Gasteiger partial charge is 0.394 e. The number of anilines is 1. The van der Waals surface area contributed by atoms with Crippen LogP contribution < -0.4 is 5.73 Å². The minimum Gasteiger partial charge on any atom is -0.394 e. The number of nitrogen functional groups attached to an aromatic ring is 1. The Balaban J connectivity index is 1.88. The smallest absolute Gasteiger partial charge is 0.152 e. The third-order valence-corrected chi connectivity index (χ3v) is 5.51. The fraction of sp³-hybridized carbons (Fsp3) is 0.438. The molecule has 0 aliphatic carbocycles. The van der Waals surface area contributed by atoms with E-state index in [1.54, 1.807) is 17.8 Å². The first-order chi connectivity index (χ1) is 12.2. The molecule has 4 heterocycles. The van der Waals surface area contributed by atoms with Crippen LogP contribution in [0.4, 0.5) is 5.82 Å². The molecule has 1 aliphatic heterocycles. The Morgan fingerprint density at radius 3 is 2.92 bits per heavy atom. The molecule has 1 aliphatic rings. The number of nitrogens with zero attached hydrogens (tertiary/aromatic N) is 4. The SMILES string of the molecule is COC1C(CO)OC(c2cc(-c3nccs3)c3c(N)ncnn23)C1C. The van der Waals surface area contributed by atoms with E-state index in [1.165, 1.54) is 17.7 Å². The normalized spacial score (nSPS) is 26.5. The van der Waals surface area contributed by atoms with Gasteiger partial charge in [0.05, 0.1) is 18.4 Å². The predicted octanol–water partition coefficient (Wildman–Crippen LogP) is 1.52. The van der Waals surface area contributed by atoms with Crippen molar-refractivity contribution in [1.82, 2.24) is 19.6 Å². The monoisotopic (exact) mass is 361 g/mol. The first kappa shape index (κ1) is 16.4. The van der Waals surface area contributed by atoms with Crippen LogP contribution in [-0.4, -0.2) is 50.6 Å². The number of hydrogen-bond donors (Lipinski definition) is 2. The van der Waals surface area contributed by atoms with Gasteiger partial charge in [-0.2, -0.15) is 5.10 Å². The van der Waals surface area contributed by atoms with Crippen molar-refractivity contribution >= 4 is 22.7 Å². The van der Waals surface area contributed by atoms with E-state index in [1.807, 2.05) is 18.4 Å². The summed E-state index contributed by atoms with van der Waals surface area (Å²) in [5.41, 5.74) is 8.55. The number of nitrogens with two attached hydrogens (primary N) is 1. The molecule has 0 bridgehead atoms. The van der Waals surface area contributed by atoms with Gasteiger partial charge in [0.2, 0.25) is 0 Å². The summed E-state index contributed by atoms with van der Waals surface area (Å²) in [6.45, 7) is 1.95. The number of aliphatic hydroxyl groups excluding tert-OH is 1. The quantitative estimate of drug-likeness (QED) is 0.725. The summed E-state index contributed by atoms with van der Waals surface area (Å²) in [6.07, 6.45) is 2.33. The Kier molecular flexibility index (Phi) is 4.16. The van der Waals surface area contributed by atoms with Gasteiger partial charge in [-0.15, -0.1) is 11.3 Å². The Bertz CT molecular complexity index is 881. The van der Waals surface area contributed by atoms with Gasteiger partial charge in [0, 0.05) is 30.2 Å². The van der Waals surface area contributed by atoms with Crippen LogP contribution in [0, 0.1) is 5.92 Å². The third kappa shape index (κ3) is 2.51. The highest BCUT2D eigenvalue weighted by atomic mass is 32.1. The highest BCUT2D eigenvalue weighted by Gasteiger charge is 2.44. The van der Waals surface area contributed by atoms with Crippen molar-refractivity contribution in [1.29, 1.82) is 0 Å². The molecule has 3 aromatic rings. The second-order valence-electron chi connectivity index (χ2n) is 6.06. The summed E-state index contributed by atoms with van der Waals surface area (Å²) in [5, 5.41) is 16.7. The van der Waals surface area contributed by atoms with E-state index in [4.69, 9.17) is 15.2 Å². The molecule has 1 saturated heterocycles. The molecule has 0 saturated carbocycles. The minimum absolute atomic E-state index is 0.0422. The van der Waals surface area contributed by atoms with Gasteiger partial charge in [0.15, 0.2) is 5.82 Å². The van der Waals surface area contributed by atoms with Crippen LogP contribution in [0.25, 0.3) is 16.1 Å². The van der Waals surface area contributed by atoms with E-state index >= 15 is 0 Å². The van der Waals surface area contributed by atoms with Gasteiger partial charge >= 0.3 is 0 Å². The number of ether oxygens (including phenoxy) is 2. The molecule has 25 heavy (non-hydrogen) atoms. The lowest BCUT2D eigenvalue weighted by molar-refractivity contribution is -0.0358. The van der Waals surface area contributed by atoms with Crippen LogP contribution in [0.15, 0.2) is 24.0 Å². The average molecular weight is 361 g/mol. The lowest BCUT2D eigenvalue weighted by atomic mass is 9.96. The summed E-state index contributed by atoms with van der Waals surface area (Å²) in [4.78, 5) is 8.50. The Labute approximate surface area is 148 Å². The van der Waals surface area contributed by atoms with E-state index in [0.29, 0.717) is 11.3 Å². The molecule has 3 aromatic heterocycles. The standard InChI is InChI=1S/C16H19N5O3S/c1-8-13(24-11(6-22)14(8)23-2)10-5-9(16-18-3-4-25-16)12-15(17)19-7-20-21(10)12/h3-5,7-8,11,13-14,22H,6H2,1-2H3,(H2,17,19,20). The van der Waals surface area contributed by atoms with Crippen molar-refractivity contribution in [3.8, 4) is 10.6 Å². The highest BCUT2D eigenvalue weighted by molar-refractivity contribution is 7.13. The van der Waals surface area contributed by atoms with Gasteiger partial charge in [0.25, 0.3) is 0 Å². The molecule has 4 unspecified atom stereocenters. The van der Waals surface area contributed by atoms with Crippen molar-refractivity contribution in [3.05, 3.63) is 29.7 Å². The third-order valence-electron chi connectivity index (χ3n) is 4.70. The molecule has 4 rings (SSSR count). The first-order valence-electron chi connectivity index (χ1n) is 7.96. The average Bonchev–Trinajstić information content (AvgIpc) is 3.31. The lowest BCUT2D eigenvalue weighted by Crippen LogP contribution is -2.30. The van der Waals surface area contributed by atoms with Crippen molar-refractivity contribution in [2.24, 2.45) is 5.92 Å². The van der Waals surface area contributed by atoms with Crippen LogP contribution in [0.3, 0.4) is 0 Å². The number of fused-ring (bicyclic) bond motifs is 1. The summed E-state index contributed by atoms with van der Waals surface area (Å²) in [7, 11) is 1.63. The van der Waals surface area contributed by atoms with E-state index in [0.717, 1.165) is 16.3 Å². The first-order valence-corrected chi connectivity index (χ1v) is 8.84. The zero-order valence-corrected chi connectivity index (χ0v) is 14.7. The Morgan fingerprint density at radius 1 is 1.44 bits per heavy atom. The molecular weight excluding hydrogens is 342 g/mol. The number of aliphatic hydroxyl groups is 1. The number of thiazole rings is 1. The van der Waals surface area contributed by atoms with Gasteiger partial charge in [-0.05, 0) is 6.07 Å². The minimum atomic E-state index is -0.377. The van der Waals surface area contributed by atoms with Gasteiger partial charge < -0.3 is 20.3 Å². The molecule has 132 valence electrons. The molecule has 0 aromatic carbocycles. The molecule has 0 radical (unpaired) electrons. The molecule has 3 N–H and O–H groups in total. The number of hydrogen-bond acceptors (Lipinski definition) is 8. The van der Waals surface area contributed by atoms with Gasteiger partial charge in [0.1, 0.15) is 29.1 Å². The van der Waals surface area contributed by atoms with Gasteiger partial charge in [-0.1, -0.05) is 6.92 Å². The maximum atomic E-state index is 9.60. The molecular formula is C16H19N5O3S. The van der Waals surface area contributed by atoms with E-state index in [9.17, 15) is 5.11 Å². The van der Waals surface area contributed by atoms with E-state index in [-0.39, 0.29) is 30.8 Å². The predicted molar refractivity (Wildman–Crippen MR) is 93.2 cm³/mol. The Hall–Kier alpha value is -2.07. The van der Waals surface area contributed by atoms with Crippen molar-refractivity contribution in [3.63, 3.8) is 0 Å². The maximum absolute atomic E-state index is 9.60. The molecule has 0 spiro atoms. The van der Waals surface area contributed by atoms with Crippen molar-refractivity contribution < 1.29 is 14.6 Å². The van der Waals surface area contributed by atoms with Crippen molar-refractivity contribution in [2.75, 3.05) is 19.5 Å². The maximum Gasteiger partial charge on any atom is 0.152 e. The number of rotatable bonds is 4. The van der Waals surface area contributed by atoms with Crippen LogP contribution >= 0.6 is 11.3 Å². The summed E-state index contributed by atoms with van der Waals surface area (Å²) in [6, 6.07) is 1.99. The summed E-state index contributed by atoms with van der Waals surface area (Å²) in [5.74, 6) is 0.430. The van der Waals surface area contributed by atoms with Gasteiger partial charge in [-0.3, -0.25) is 0 Å². The zero-order valence-electron chi connectivity index (χ0n) is 13.9. The van der Waals surface area contributed by atoms with Crippen LogP contribution in [-0.2, 0) is 9.47 Å². The van der Waals surface area contributed by atoms with E-state index < -0.39 is 0 Å². The number of methoxy groups -OCH3 is 1. The fourth-order valence-electron chi connectivity index (χ4n) is 3.57. The van der Waals surface area contributed by atoms with Gasteiger partial charge in [-0.25, -0.2) is 14.5 Å². The summed E-state index contributed by atoms with van der Waals surface area (Å²) < 4.78 is 13.4. The van der Waals surface area contributed by atoms with Crippen LogP contribution in [0.1, 0.15) is 18.7 Å². The molecule has 4 atom stereocenters. The number of aromatic nitrogens is 4. The topological polar surface area (TPSA) is 108 Å². The second kappa shape index (κ2) is 6.34. The lowest BCUT2D eigenvalue weighted by Gasteiger charge is -2.18. The van der Waals surface area contributed by atoms with Crippen LogP contribution in [0.5, 0.6) is 0 Å². The Morgan fingerprint density at radius 2 is 2.28 bits per heavy atom. The summed E-state index contributed by atoms with van der Waals surface area (Å²) >= 11 is 1.53. The van der Waals surface area contributed by atoms with E-state index in [2.05, 4.69) is 15.1 Å². The highest BCUT2D eigenvalue weighted by Crippen LogP contribution is 2.42. The molecule has 9 heteroatoms. The molecule has 0 amide bonds. The van der Waals surface area contributed by atoms with Crippen molar-refractivity contribution in [2.45, 2.75) is 25.2 Å². The second-order valence-corrected chi connectivity index (χ2v) is 6.96. The zero-order chi connectivity index (χ0) is 17.6.